The van der Waals surface area contributed by atoms with Crippen molar-refractivity contribution in [1.82, 2.24) is 10.6 Å². The largest absolute Gasteiger partial charge is 0.349 e. The summed E-state index contributed by atoms with van der Waals surface area (Å²) in [4.78, 5) is 35.3. The van der Waals surface area contributed by atoms with Crippen molar-refractivity contribution in [3.05, 3.63) is 35.4 Å². The van der Waals surface area contributed by atoms with E-state index in [2.05, 4.69) is 10.6 Å². The van der Waals surface area contributed by atoms with Gasteiger partial charge in [-0.2, -0.15) is 0 Å². The first-order valence-electron chi connectivity index (χ1n) is 9.00. The summed E-state index contributed by atoms with van der Waals surface area (Å²) in [7, 11) is 0. The third-order valence-corrected chi connectivity index (χ3v) is 5.29. The first-order chi connectivity index (χ1) is 12.1. The maximum Gasteiger partial charge on any atom is 0.251 e. The third-order valence-electron chi connectivity index (χ3n) is 5.29. The number of nitrogens with two attached hydrogens (primary N) is 1. The highest BCUT2D eigenvalue weighted by Crippen LogP contribution is 2.24. The van der Waals surface area contributed by atoms with E-state index in [1.807, 2.05) is 12.1 Å². The van der Waals surface area contributed by atoms with Crippen molar-refractivity contribution in [3.63, 3.8) is 0 Å². The number of benzene rings is 1. The summed E-state index contributed by atoms with van der Waals surface area (Å²) in [5, 5.41) is 5.43. The molecule has 3 amide bonds. The summed E-state index contributed by atoms with van der Waals surface area (Å²) in [6, 6.07) is 7.41. The summed E-state index contributed by atoms with van der Waals surface area (Å²) in [6.07, 6.45) is 5.11. The van der Waals surface area contributed by atoms with Gasteiger partial charge in [0.25, 0.3) is 5.91 Å². The Bertz CT molecular complexity index is 662. The molecule has 1 saturated heterocycles. The van der Waals surface area contributed by atoms with Crippen molar-refractivity contribution in [1.29, 1.82) is 0 Å². The van der Waals surface area contributed by atoms with Crippen molar-refractivity contribution in [2.45, 2.75) is 44.6 Å². The zero-order valence-corrected chi connectivity index (χ0v) is 15.5. The first kappa shape index (κ1) is 20.4. The molecule has 0 aromatic heterocycles. The molecule has 7 heteroatoms. The van der Waals surface area contributed by atoms with Gasteiger partial charge in [0.05, 0.1) is 5.92 Å². The van der Waals surface area contributed by atoms with Crippen LogP contribution in [0.25, 0.3) is 0 Å². The highest BCUT2D eigenvalue weighted by Gasteiger charge is 2.30. The van der Waals surface area contributed by atoms with E-state index in [1.165, 1.54) is 6.42 Å². The number of hydrogen-bond donors (Lipinski definition) is 3. The predicted octanol–water partition coefficient (Wildman–Crippen LogP) is 1.56. The molecular formula is C19H26ClN3O3. The predicted molar refractivity (Wildman–Crippen MR) is 101 cm³/mol. The molecule has 2 aliphatic rings. The van der Waals surface area contributed by atoms with Gasteiger partial charge in [0.1, 0.15) is 0 Å². The molecule has 3 rings (SSSR count). The van der Waals surface area contributed by atoms with E-state index < -0.39 is 0 Å². The zero-order chi connectivity index (χ0) is 17.8. The second kappa shape index (κ2) is 9.14. The smallest absolute Gasteiger partial charge is 0.251 e. The molecule has 142 valence electrons. The van der Waals surface area contributed by atoms with Crippen LogP contribution >= 0.6 is 12.4 Å². The Morgan fingerprint density at radius 2 is 1.85 bits per heavy atom. The fourth-order valence-electron chi connectivity index (χ4n) is 3.78. The van der Waals surface area contributed by atoms with Crippen LogP contribution < -0.4 is 16.4 Å². The van der Waals surface area contributed by atoms with E-state index in [4.69, 9.17) is 5.73 Å². The van der Waals surface area contributed by atoms with Crippen LogP contribution in [0.2, 0.25) is 0 Å². The van der Waals surface area contributed by atoms with Gasteiger partial charge in [-0.05, 0) is 49.4 Å². The molecule has 3 atom stereocenters. The molecule has 3 unspecified atom stereocenters. The number of nitrogens with one attached hydrogen (secondary N) is 2. The lowest BCUT2D eigenvalue weighted by Crippen LogP contribution is -2.44. The van der Waals surface area contributed by atoms with E-state index in [-0.39, 0.29) is 48.5 Å². The van der Waals surface area contributed by atoms with Crippen LogP contribution in [0.5, 0.6) is 0 Å². The maximum atomic E-state index is 12.5. The average molecular weight is 380 g/mol. The zero-order valence-electron chi connectivity index (χ0n) is 14.7. The van der Waals surface area contributed by atoms with Crippen molar-refractivity contribution in [2.24, 2.45) is 17.6 Å². The van der Waals surface area contributed by atoms with E-state index in [1.54, 1.807) is 12.1 Å². The molecule has 0 spiro atoms. The number of carbonyl (C=O) groups is 3. The molecule has 1 aliphatic carbocycles. The Balaban J connectivity index is 0.00000243. The fraction of sp³-hybridized carbons (Fsp3) is 0.526. The Morgan fingerprint density at radius 1 is 1.15 bits per heavy atom. The Hall–Kier alpha value is -1.92. The molecule has 1 aromatic rings. The second-order valence-corrected chi connectivity index (χ2v) is 7.07. The molecule has 0 radical (unpaired) electrons. The quantitative estimate of drug-likeness (QED) is 0.676. The number of carbonyl (C=O) groups excluding carboxylic acids is 3. The Labute approximate surface area is 159 Å². The van der Waals surface area contributed by atoms with E-state index in [0.717, 1.165) is 24.8 Å². The lowest BCUT2D eigenvalue weighted by atomic mass is 9.84. The SMILES string of the molecule is Cl.NCC1CCCCC1NC(=O)c1ccc(CC2CC(=O)NC2=O)cc1. The van der Waals surface area contributed by atoms with Crippen molar-refractivity contribution in [2.75, 3.05) is 6.54 Å². The molecule has 1 aliphatic heterocycles. The van der Waals surface area contributed by atoms with Crippen LogP contribution in [0.15, 0.2) is 24.3 Å². The van der Waals surface area contributed by atoms with Crippen LogP contribution in [-0.4, -0.2) is 30.3 Å². The maximum absolute atomic E-state index is 12.5. The highest BCUT2D eigenvalue weighted by molar-refractivity contribution is 6.03. The minimum atomic E-state index is -0.306. The molecule has 26 heavy (non-hydrogen) atoms. The lowest BCUT2D eigenvalue weighted by molar-refractivity contribution is -0.125. The fourth-order valence-corrected chi connectivity index (χ4v) is 3.78. The molecule has 0 bridgehead atoms. The van der Waals surface area contributed by atoms with E-state index in [0.29, 0.717) is 24.4 Å². The third kappa shape index (κ3) is 4.83. The van der Waals surface area contributed by atoms with Crippen molar-refractivity contribution < 1.29 is 14.4 Å². The van der Waals surface area contributed by atoms with E-state index >= 15 is 0 Å². The average Bonchev–Trinajstić information content (AvgIpc) is 2.93. The summed E-state index contributed by atoms with van der Waals surface area (Å²) in [6.45, 7) is 0.603. The number of rotatable bonds is 5. The minimum Gasteiger partial charge on any atom is -0.349 e. The number of amides is 3. The minimum absolute atomic E-state index is 0. The molecule has 4 N–H and O–H groups in total. The Morgan fingerprint density at radius 3 is 2.46 bits per heavy atom. The normalized spacial score (nSPS) is 25.3. The standard InChI is InChI=1S/C19H25N3O3.ClH/c20-11-14-3-1-2-4-16(14)21-18(24)13-7-5-12(6-8-13)9-15-10-17(23)22-19(15)25;/h5-8,14-16H,1-4,9-11,20H2,(H,21,24)(H,22,23,25);1H. The van der Waals surface area contributed by atoms with Crippen LogP contribution in [0.1, 0.15) is 48.0 Å². The molecular weight excluding hydrogens is 354 g/mol. The molecule has 1 heterocycles. The van der Waals surface area contributed by atoms with Crippen LogP contribution in [0, 0.1) is 11.8 Å². The van der Waals surface area contributed by atoms with Crippen LogP contribution in [0.3, 0.4) is 0 Å². The number of imide groups is 1. The van der Waals surface area contributed by atoms with Gasteiger partial charge in [0, 0.05) is 18.0 Å². The monoisotopic (exact) mass is 379 g/mol. The van der Waals surface area contributed by atoms with Crippen LogP contribution in [-0.2, 0) is 16.0 Å². The molecule has 6 nitrogen and oxygen atoms in total. The second-order valence-electron chi connectivity index (χ2n) is 7.07. The van der Waals surface area contributed by atoms with E-state index in [9.17, 15) is 14.4 Å². The van der Waals surface area contributed by atoms with Gasteiger partial charge in [-0.25, -0.2) is 0 Å². The van der Waals surface area contributed by atoms with Gasteiger partial charge < -0.3 is 11.1 Å². The molecule has 2 fully saturated rings. The first-order valence-corrected chi connectivity index (χ1v) is 9.00. The lowest BCUT2D eigenvalue weighted by Gasteiger charge is -2.31. The topological polar surface area (TPSA) is 101 Å². The van der Waals surface area contributed by atoms with Gasteiger partial charge >= 0.3 is 0 Å². The number of halogens is 1. The molecule has 1 aromatic carbocycles. The summed E-state index contributed by atoms with van der Waals surface area (Å²) in [5.74, 6) is -0.453. The van der Waals surface area contributed by atoms with Gasteiger partial charge in [-0.3, -0.25) is 19.7 Å². The van der Waals surface area contributed by atoms with Gasteiger partial charge in [0.15, 0.2) is 0 Å². The van der Waals surface area contributed by atoms with Crippen molar-refractivity contribution in [3.8, 4) is 0 Å². The van der Waals surface area contributed by atoms with Crippen molar-refractivity contribution >= 4 is 30.1 Å². The van der Waals surface area contributed by atoms with Gasteiger partial charge in [-0.1, -0.05) is 25.0 Å². The van der Waals surface area contributed by atoms with Gasteiger partial charge in [0.2, 0.25) is 11.8 Å². The number of hydrogen-bond acceptors (Lipinski definition) is 4. The summed E-state index contributed by atoms with van der Waals surface area (Å²) in [5.41, 5.74) is 7.38. The summed E-state index contributed by atoms with van der Waals surface area (Å²) >= 11 is 0. The summed E-state index contributed by atoms with van der Waals surface area (Å²) < 4.78 is 0. The van der Waals surface area contributed by atoms with Gasteiger partial charge in [-0.15, -0.1) is 12.4 Å². The molecule has 1 saturated carbocycles. The highest BCUT2D eigenvalue weighted by atomic mass is 35.5. The Kier molecular flexibility index (Phi) is 7.17. The van der Waals surface area contributed by atoms with Crippen LogP contribution in [0.4, 0.5) is 0 Å².